The molecular formula is C14H17BrFN3. The molecule has 1 N–H and O–H groups in total. The smallest absolute Gasteiger partial charge is 0.137 e. The van der Waals surface area contributed by atoms with Crippen molar-refractivity contribution < 1.29 is 4.39 Å². The Hall–Kier alpha value is -1.20. The van der Waals surface area contributed by atoms with E-state index >= 15 is 0 Å². The van der Waals surface area contributed by atoms with Crippen LogP contribution in [0.2, 0.25) is 0 Å². The first-order valence-electron chi connectivity index (χ1n) is 6.36. The van der Waals surface area contributed by atoms with Gasteiger partial charge in [0, 0.05) is 18.3 Å². The molecule has 0 saturated heterocycles. The van der Waals surface area contributed by atoms with E-state index in [1.54, 1.807) is 12.1 Å². The monoisotopic (exact) mass is 325 g/mol. The molecule has 1 atom stereocenters. The lowest BCUT2D eigenvalue weighted by Crippen LogP contribution is -2.21. The molecular weight excluding hydrogens is 309 g/mol. The van der Waals surface area contributed by atoms with Crippen molar-refractivity contribution in [2.24, 2.45) is 0 Å². The Morgan fingerprint density at radius 3 is 2.74 bits per heavy atom. The predicted octanol–water partition coefficient (Wildman–Crippen LogP) is 3.50. The summed E-state index contributed by atoms with van der Waals surface area (Å²) in [6.07, 6.45) is 3.82. The maximum atomic E-state index is 13.7. The highest BCUT2D eigenvalue weighted by atomic mass is 79.9. The number of rotatable bonds is 5. The molecule has 19 heavy (non-hydrogen) atoms. The summed E-state index contributed by atoms with van der Waals surface area (Å²) in [5, 5.41) is 7.64. The van der Waals surface area contributed by atoms with E-state index in [1.807, 2.05) is 37.0 Å². The molecule has 0 spiro atoms. The van der Waals surface area contributed by atoms with Crippen molar-refractivity contribution in [2.75, 3.05) is 6.54 Å². The molecule has 102 valence electrons. The van der Waals surface area contributed by atoms with Crippen LogP contribution in [0.5, 0.6) is 0 Å². The van der Waals surface area contributed by atoms with E-state index in [0.29, 0.717) is 4.47 Å². The summed E-state index contributed by atoms with van der Waals surface area (Å²) in [6, 6.07) is 5.18. The third-order valence-corrected chi connectivity index (χ3v) is 3.64. The van der Waals surface area contributed by atoms with Crippen LogP contribution in [-0.2, 0) is 6.54 Å². The Kier molecular flexibility index (Phi) is 4.71. The highest BCUT2D eigenvalue weighted by Crippen LogP contribution is 2.25. The zero-order chi connectivity index (χ0) is 13.8. The second-order valence-corrected chi connectivity index (χ2v) is 5.15. The van der Waals surface area contributed by atoms with Gasteiger partial charge in [-0.1, -0.05) is 13.0 Å². The van der Waals surface area contributed by atoms with Crippen molar-refractivity contribution in [3.05, 3.63) is 52.0 Å². The third kappa shape index (κ3) is 3.22. The number of hydrogen-bond donors (Lipinski definition) is 1. The topological polar surface area (TPSA) is 29.9 Å². The Bertz CT molecular complexity index is 553. The first-order valence-corrected chi connectivity index (χ1v) is 7.15. The second-order valence-electron chi connectivity index (χ2n) is 4.29. The molecule has 5 heteroatoms. The van der Waals surface area contributed by atoms with Crippen molar-refractivity contribution in [1.82, 2.24) is 15.1 Å². The zero-order valence-electron chi connectivity index (χ0n) is 11.0. The minimum absolute atomic E-state index is 0.0344. The van der Waals surface area contributed by atoms with Gasteiger partial charge in [-0.05, 0) is 47.1 Å². The van der Waals surface area contributed by atoms with Crippen molar-refractivity contribution >= 4 is 15.9 Å². The van der Waals surface area contributed by atoms with Gasteiger partial charge in [-0.15, -0.1) is 0 Å². The number of benzene rings is 1. The molecule has 1 aromatic carbocycles. The third-order valence-electron chi connectivity index (χ3n) is 3.00. The standard InChI is InChI=1S/C14H17BrFN3/c1-3-17-14(11-8-18-19(4-2)9-11)10-5-6-12(15)13(16)7-10/h5-9,14,17H,3-4H2,1-2H3. The van der Waals surface area contributed by atoms with E-state index in [9.17, 15) is 4.39 Å². The van der Waals surface area contributed by atoms with Gasteiger partial charge >= 0.3 is 0 Å². The van der Waals surface area contributed by atoms with E-state index in [4.69, 9.17) is 0 Å². The molecule has 1 heterocycles. The number of aromatic nitrogens is 2. The molecule has 0 aliphatic carbocycles. The Morgan fingerprint density at radius 2 is 2.16 bits per heavy atom. The van der Waals surface area contributed by atoms with E-state index < -0.39 is 0 Å². The lowest BCUT2D eigenvalue weighted by molar-refractivity contribution is 0.597. The fourth-order valence-electron chi connectivity index (χ4n) is 2.03. The summed E-state index contributed by atoms with van der Waals surface area (Å²) in [7, 11) is 0. The normalized spacial score (nSPS) is 12.6. The summed E-state index contributed by atoms with van der Waals surface area (Å²) in [4.78, 5) is 0. The number of halogens is 2. The molecule has 0 amide bonds. The summed E-state index contributed by atoms with van der Waals surface area (Å²) in [6.45, 7) is 5.71. The van der Waals surface area contributed by atoms with Crippen LogP contribution < -0.4 is 5.32 Å². The average Bonchev–Trinajstić information content (AvgIpc) is 2.88. The largest absolute Gasteiger partial charge is 0.306 e. The SMILES string of the molecule is CCNC(c1ccc(Br)c(F)c1)c1cnn(CC)c1. The molecule has 2 rings (SSSR count). The lowest BCUT2D eigenvalue weighted by Gasteiger charge is -2.17. The van der Waals surface area contributed by atoms with Crippen LogP contribution in [0.15, 0.2) is 35.1 Å². The number of aryl methyl sites for hydroxylation is 1. The molecule has 3 nitrogen and oxygen atoms in total. The minimum atomic E-state index is -0.247. The first kappa shape index (κ1) is 14.2. The summed E-state index contributed by atoms with van der Waals surface area (Å²) in [5.74, 6) is -0.247. The first-order chi connectivity index (χ1) is 9.15. The van der Waals surface area contributed by atoms with Crippen LogP contribution in [0.4, 0.5) is 4.39 Å². The zero-order valence-corrected chi connectivity index (χ0v) is 12.6. The van der Waals surface area contributed by atoms with Crippen molar-refractivity contribution in [1.29, 1.82) is 0 Å². The summed E-state index contributed by atoms with van der Waals surface area (Å²) in [5.41, 5.74) is 1.95. The van der Waals surface area contributed by atoms with Gasteiger partial charge < -0.3 is 5.32 Å². The minimum Gasteiger partial charge on any atom is -0.306 e. The molecule has 0 fully saturated rings. The summed E-state index contributed by atoms with van der Waals surface area (Å²) >= 11 is 3.18. The highest BCUT2D eigenvalue weighted by molar-refractivity contribution is 9.10. The average molecular weight is 326 g/mol. The second kappa shape index (κ2) is 6.30. The molecule has 0 aliphatic heterocycles. The Morgan fingerprint density at radius 1 is 1.37 bits per heavy atom. The van der Waals surface area contributed by atoms with Crippen molar-refractivity contribution in [3.63, 3.8) is 0 Å². The Balaban J connectivity index is 2.35. The van der Waals surface area contributed by atoms with E-state index in [2.05, 4.69) is 26.3 Å². The Labute approximate surface area is 121 Å². The summed E-state index contributed by atoms with van der Waals surface area (Å²) < 4.78 is 16.0. The number of nitrogens with one attached hydrogen (secondary N) is 1. The molecule has 0 radical (unpaired) electrons. The van der Waals surface area contributed by atoms with Gasteiger partial charge in [0.05, 0.1) is 16.7 Å². The molecule has 1 aromatic heterocycles. The van der Waals surface area contributed by atoms with Crippen LogP contribution in [-0.4, -0.2) is 16.3 Å². The fraction of sp³-hybridized carbons (Fsp3) is 0.357. The molecule has 0 saturated carbocycles. The van der Waals surface area contributed by atoms with Gasteiger partial charge in [-0.3, -0.25) is 4.68 Å². The van der Waals surface area contributed by atoms with Crippen LogP contribution in [0.1, 0.15) is 31.0 Å². The van der Waals surface area contributed by atoms with Crippen molar-refractivity contribution in [2.45, 2.75) is 26.4 Å². The maximum Gasteiger partial charge on any atom is 0.137 e. The van der Waals surface area contributed by atoms with Crippen LogP contribution >= 0.6 is 15.9 Å². The van der Waals surface area contributed by atoms with E-state index in [-0.39, 0.29) is 11.9 Å². The van der Waals surface area contributed by atoms with Gasteiger partial charge in [-0.25, -0.2) is 4.39 Å². The maximum absolute atomic E-state index is 13.7. The van der Waals surface area contributed by atoms with Gasteiger partial charge in [0.15, 0.2) is 0 Å². The quantitative estimate of drug-likeness (QED) is 0.911. The van der Waals surface area contributed by atoms with Crippen LogP contribution in [0, 0.1) is 5.82 Å². The highest BCUT2D eigenvalue weighted by Gasteiger charge is 2.16. The molecule has 1 unspecified atom stereocenters. The predicted molar refractivity (Wildman–Crippen MR) is 77.5 cm³/mol. The van der Waals surface area contributed by atoms with Gasteiger partial charge in [0.25, 0.3) is 0 Å². The van der Waals surface area contributed by atoms with Crippen molar-refractivity contribution in [3.8, 4) is 0 Å². The number of hydrogen-bond acceptors (Lipinski definition) is 2. The van der Waals surface area contributed by atoms with E-state index in [0.717, 1.165) is 24.2 Å². The van der Waals surface area contributed by atoms with E-state index in [1.165, 1.54) is 0 Å². The van der Waals surface area contributed by atoms with Crippen LogP contribution in [0.3, 0.4) is 0 Å². The van der Waals surface area contributed by atoms with Gasteiger partial charge in [-0.2, -0.15) is 5.10 Å². The molecule has 0 aliphatic rings. The fourth-order valence-corrected chi connectivity index (χ4v) is 2.27. The number of nitrogens with zero attached hydrogens (tertiary/aromatic N) is 2. The van der Waals surface area contributed by atoms with Gasteiger partial charge in [0.2, 0.25) is 0 Å². The van der Waals surface area contributed by atoms with Gasteiger partial charge in [0.1, 0.15) is 5.82 Å². The molecule has 0 bridgehead atoms. The van der Waals surface area contributed by atoms with Crippen LogP contribution in [0.25, 0.3) is 0 Å². The lowest BCUT2D eigenvalue weighted by atomic mass is 10.0. The molecule has 2 aromatic rings.